The minimum atomic E-state index is -3.77. The Morgan fingerprint density at radius 1 is 1.48 bits per heavy atom. The maximum atomic E-state index is 12.6. The predicted octanol–water partition coefficient (Wildman–Crippen LogP) is 1.38. The van der Waals surface area contributed by atoms with Gasteiger partial charge in [-0.25, -0.2) is 8.42 Å². The third-order valence-corrected chi connectivity index (χ3v) is 5.66. The molecule has 0 spiro atoms. The van der Waals surface area contributed by atoms with Gasteiger partial charge in [-0.2, -0.15) is 4.31 Å². The Morgan fingerprint density at radius 2 is 2.17 bits per heavy atom. The molecule has 1 saturated heterocycles. The van der Waals surface area contributed by atoms with Crippen LogP contribution in [0.3, 0.4) is 0 Å². The number of benzene rings is 1. The van der Waals surface area contributed by atoms with E-state index in [9.17, 15) is 18.5 Å². The van der Waals surface area contributed by atoms with E-state index < -0.39 is 14.9 Å². The van der Waals surface area contributed by atoms with E-state index in [0.717, 1.165) is 18.9 Å². The fraction of sp³-hybridized carbons (Fsp3) is 0.538. The minimum absolute atomic E-state index is 0. The molecule has 10 heteroatoms. The summed E-state index contributed by atoms with van der Waals surface area (Å²) in [4.78, 5) is 10.3. The molecule has 1 fully saturated rings. The zero-order valence-electron chi connectivity index (χ0n) is 12.7. The Morgan fingerprint density at radius 3 is 2.74 bits per heavy atom. The number of nitrogens with two attached hydrogens (primary N) is 1. The molecule has 0 aliphatic carbocycles. The van der Waals surface area contributed by atoms with Gasteiger partial charge < -0.3 is 10.5 Å². The normalized spacial score (nSPS) is 19.0. The molecule has 1 heterocycles. The number of hydrogen-bond donors (Lipinski definition) is 1. The molecule has 1 atom stereocenters. The molecule has 1 aromatic rings. The molecule has 0 aromatic heterocycles. The van der Waals surface area contributed by atoms with E-state index >= 15 is 0 Å². The van der Waals surface area contributed by atoms with Crippen molar-refractivity contribution < 1.29 is 18.1 Å². The summed E-state index contributed by atoms with van der Waals surface area (Å²) in [6.45, 7) is 1.17. The molecule has 2 rings (SSSR count). The summed E-state index contributed by atoms with van der Waals surface area (Å²) in [6, 6.07) is 3.67. The third-order valence-electron chi connectivity index (χ3n) is 3.80. The molecule has 0 saturated carbocycles. The second-order valence-electron chi connectivity index (χ2n) is 5.20. The summed E-state index contributed by atoms with van der Waals surface area (Å²) < 4.78 is 31.5. The molecule has 1 aliphatic rings. The van der Waals surface area contributed by atoms with Crippen LogP contribution in [-0.2, 0) is 10.0 Å². The van der Waals surface area contributed by atoms with Crippen LogP contribution >= 0.6 is 12.4 Å². The molecule has 1 aliphatic heterocycles. The lowest BCUT2D eigenvalue weighted by Gasteiger charge is -2.31. The van der Waals surface area contributed by atoms with E-state index in [-0.39, 0.29) is 34.7 Å². The lowest BCUT2D eigenvalue weighted by Crippen LogP contribution is -2.41. The Hall–Kier alpha value is -1.42. The third kappa shape index (κ3) is 4.11. The van der Waals surface area contributed by atoms with E-state index in [1.807, 2.05) is 0 Å². The van der Waals surface area contributed by atoms with Crippen molar-refractivity contribution in [3.8, 4) is 5.75 Å². The number of ether oxygens (including phenoxy) is 1. The highest BCUT2D eigenvalue weighted by Crippen LogP contribution is 2.31. The average molecular weight is 366 g/mol. The van der Waals surface area contributed by atoms with Gasteiger partial charge in [0.05, 0.1) is 16.9 Å². The van der Waals surface area contributed by atoms with Crippen LogP contribution in [0.25, 0.3) is 0 Å². The molecular formula is C13H20ClN3O5S. The Bertz CT molecular complexity index is 668. The molecule has 0 radical (unpaired) electrons. The van der Waals surface area contributed by atoms with Gasteiger partial charge in [-0.1, -0.05) is 0 Å². The van der Waals surface area contributed by atoms with Gasteiger partial charge in [0.15, 0.2) is 5.75 Å². The number of hydrogen-bond acceptors (Lipinski definition) is 6. The lowest BCUT2D eigenvalue weighted by atomic mass is 10.0. The molecule has 0 bridgehead atoms. The highest BCUT2D eigenvalue weighted by Gasteiger charge is 2.31. The van der Waals surface area contributed by atoms with Crippen molar-refractivity contribution >= 4 is 28.1 Å². The molecule has 2 N–H and O–H groups in total. The number of rotatable bonds is 5. The van der Waals surface area contributed by atoms with Gasteiger partial charge in [0.2, 0.25) is 10.0 Å². The molecule has 1 unspecified atom stereocenters. The smallest absolute Gasteiger partial charge is 0.312 e. The van der Waals surface area contributed by atoms with E-state index in [2.05, 4.69) is 0 Å². The quantitative estimate of drug-likeness (QED) is 0.622. The summed E-state index contributed by atoms with van der Waals surface area (Å²) in [5.41, 5.74) is 5.26. The first-order valence-corrected chi connectivity index (χ1v) is 8.36. The van der Waals surface area contributed by atoms with Crippen molar-refractivity contribution in [2.45, 2.75) is 17.7 Å². The van der Waals surface area contributed by atoms with Crippen molar-refractivity contribution in [1.82, 2.24) is 4.31 Å². The van der Waals surface area contributed by atoms with Gasteiger partial charge in [0, 0.05) is 19.2 Å². The number of piperidine rings is 1. The molecule has 130 valence electrons. The van der Waals surface area contributed by atoms with E-state index in [1.165, 1.54) is 23.5 Å². The van der Waals surface area contributed by atoms with Crippen molar-refractivity contribution in [1.29, 1.82) is 0 Å². The maximum absolute atomic E-state index is 12.6. The van der Waals surface area contributed by atoms with Crippen molar-refractivity contribution in [3.05, 3.63) is 28.3 Å². The first-order valence-electron chi connectivity index (χ1n) is 6.92. The number of sulfonamides is 1. The first-order chi connectivity index (χ1) is 10.4. The largest absolute Gasteiger partial charge is 0.490 e. The second kappa shape index (κ2) is 7.91. The van der Waals surface area contributed by atoms with Gasteiger partial charge >= 0.3 is 5.69 Å². The number of nitro benzene ring substituents is 1. The van der Waals surface area contributed by atoms with Crippen LogP contribution in [0.4, 0.5) is 5.69 Å². The van der Waals surface area contributed by atoms with Gasteiger partial charge in [-0.15, -0.1) is 12.4 Å². The first kappa shape index (κ1) is 19.6. The van der Waals surface area contributed by atoms with E-state index in [4.69, 9.17) is 10.5 Å². The van der Waals surface area contributed by atoms with E-state index in [0.29, 0.717) is 19.6 Å². The summed E-state index contributed by atoms with van der Waals surface area (Å²) in [5.74, 6) is 0.152. The van der Waals surface area contributed by atoms with Gasteiger partial charge in [-0.3, -0.25) is 10.1 Å². The van der Waals surface area contributed by atoms with Crippen molar-refractivity contribution in [2.24, 2.45) is 11.7 Å². The second-order valence-corrected chi connectivity index (χ2v) is 7.14. The molecule has 0 amide bonds. The van der Waals surface area contributed by atoms with Gasteiger partial charge in [-0.05, 0) is 37.4 Å². The zero-order valence-corrected chi connectivity index (χ0v) is 14.3. The fourth-order valence-electron chi connectivity index (χ4n) is 2.56. The number of methoxy groups -OCH3 is 1. The maximum Gasteiger partial charge on any atom is 0.312 e. The van der Waals surface area contributed by atoms with Crippen molar-refractivity contribution in [3.63, 3.8) is 0 Å². The topological polar surface area (TPSA) is 116 Å². The standard InChI is InChI=1S/C13H19N3O5S.ClH/c1-21-13-5-4-11(7-12(13)16(17)18)22(19,20)15-6-2-3-10(8-14)9-15;/h4-5,7,10H,2-3,6,8-9,14H2,1H3;1H. The monoisotopic (exact) mass is 365 g/mol. The van der Waals surface area contributed by atoms with Crippen LogP contribution in [0.15, 0.2) is 23.1 Å². The Labute approximate surface area is 141 Å². The SMILES string of the molecule is COc1ccc(S(=O)(=O)N2CCCC(CN)C2)cc1[N+](=O)[O-].Cl. The number of halogens is 1. The molecular weight excluding hydrogens is 346 g/mol. The van der Waals surface area contributed by atoms with Crippen LogP contribution in [0.2, 0.25) is 0 Å². The minimum Gasteiger partial charge on any atom is -0.490 e. The summed E-state index contributed by atoms with van der Waals surface area (Å²) >= 11 is 0. The van der Waals surface area contributed by atoms with Gasteiger partial charge in [0.1, 0.15) is 0 Å². The predicted molar refractivity (Wildman–Crippen MR) is 87.4 cm³/mol. The summed E-state index contributed by atoms with van der Waals surface area (Å²) in [6.07, 6.45) is 1.63. The number of nitrogens with zero attached hydrogens (tertiary/aromatic N) is 2. The number of nitro groups is 1. The highest BCUT2D eigenvalue weighted by molar-refractivity contribution is 7.89. The summed E-state index contributed by atoms with van der Waals surface area (Å²) in [7, 11) is -2.47. The zero-order chi connectivity index (χ0) is 16.3. The van der Waals surface area contributed by atoms with Gasteiger partial charge in [0.25, 0.3) is 0 Å². The molecule has 8 nitrogen and oxygen atoms in total. The van der Waals surface area contributed by atoms with Crippen LogP contribution in [0.1, 0.15) is 12.8 Å². The Balaban J connectivity index is 0.00000264. The van der Waals surface area contributed by atoms with Crippen molar-refractivity contribution in [2.75, 3.05) is 26.7 Å². The lowest BCUT2D eigenvalue weighted by molar-refractivity contribution is -0.386. The average Bonchev–Trinajstić information content (AvgIpc) is 2.54. The highest BCUT2D eigenvalue weighted by atomic mass is 35.5. The fourth-order valence-corrected chi connectivity index (χ4v) is 4.13. The molecule has 1 aromatic carbocycles. The van der Waals surface area contributed by atoms with Crippen LogP contribution in [-0.4, -0.2) is 44.4 Å². The van der Waals surface area contributed by atoms with Crippen LogP contribution in [0, 0.1) is 16.0 Å². The molecule has 23 heavy (non-hydrogen) atoms. The van der Waals surface area contributed by atoms with E-state index in [1.54, 1.807) is 0 Å². The van der Waals surface area contributed by atoms with Crippen LogP contribution in [0.5, 0.6) is 5.75 Å². The Kier molecular flexibility index (Phi) is 6.75. The van der Waals surface area contributed by atoms with Crippen LogP contribution < -0.4 is 10.5 Å². The summed E-state index contributed by atoms with van der Waals surface area (Å²) in [5, 5.41) is 11.0.